The molecular weight excluding hydrogens is 162 g/mol. The molecule has 1 aromatic rings. The van der Waals surface area contributed by atoms with Gasteiger partial charge in [0, 0.05) is 12.1 Å². The summed E-state index contributed by atoms with van der Waals surface area (Å²) < 4.78 is 0. The summed E-state index contributed by atoms with van der Waals surface area (Å²) in [7, 11) is 0. The second-order valence-corrected chi connectivity index (χ2v) is 2.52. The van der Waals surface area contributed by atoms with Crippen molar-refractivity contribution in [2.75, 3.05) is 0 Å². The highest BCUT2D eigenvalue weighted by atomic mass is 16.1. The monoisotopic (exact) mass is 179 g/mol. The first-order valence-corrected chi connectivity index (χ1v) is 4.52. The van der Waals surface area contributed by atoms with Crippen molar-refractivity contribution in [3.8, 4) is 0 Å². The Balaban J connectivity index is 0.000000671. The molecule has 1 rings (SSSR count). The van der Waals surface area contributed by atoms with Crippen LogP contribution in [0.15, 0.2) is 18.2 Å². The van der Waals surface area contributed by atoms with E-state index in [1.807, 2.05) is 32.9 Å². The minimum absolute atomic E-state index is 0.426. The molecule has 0 bridgehead atoms. The molecule has 0 saturated carbocycles. The van der Waals surface area contributed by atoms with Crippen molar-refractivity contribution in [3.63, 3.8) is 0 Å². The van der Waals surface area contributed by atoms with Gasteiger partial charge in [0.25, 0.3) is 0 Å². The normalized spacial score (nSPS) is 8.62. The van der Waals surface area contributed by atoms with Gasteiger partial charge in [0.05, 0.1) is 0 Å². The van der Waals surface area contributed by atoms with Crippen LogP contribution in [0, 0.1) is 6.92 Å². The first kappa shape index (κ1) is 11.8. The van der Waals surface area contributed by atoms with Crippen LogP contribution < -0.4 is 5.73 Å². The van der Waals surface area contributed by atoms with E-state index in [9.17, 15) is 4.79 Å². The van der Waals surface area contributed by atoms with Crippen LogP contribution in [-0.4, -0.2) is 6.29 Å². The predicted molar refractivity (Wildman–Crippen MR) is 55.8 cm³/mol. The van der Waals surface area contributed by atoms with Gasteiger partial charge >= 0.3 is 0 Å². The number of hydrogen-bond acceptors (Lipinski definition) is 2. The van der Waals surface area contributed by atoms with E-state index >= 15 is 0 Å². The van der Waals surface area contributed by atoms with Gasteiger partial charge in [-0.2, -0.15) is 0 Å². The quantitative estimate of drug-likeness (QED) is 0.708. The Bertz CT molecular complexity index is 269. The van der Waals surface area contributed by atoms with Gasteiger partial charge in [0.1, 0.15) is 6.29 Å². The number of hydrogen-bond donors (Lipinski definition) is 1. The van der Waals surface area contributed by atoms with Gasteiger partial charge in [-0.15, -0.1) is 0 Å². The summed E-state index contributed by atoms with van der Waals surface area (Å²) >= 11 is 0. The lowest BCUT2D eigenvalue weighted by Crippen LogP contribution is -2.00. The van der Waals surface area contributed by atoms with Crippen LogP contribution in [-0.2, 0) is 6.54 Å². The molecule has 13 heavy (non-hydrogen) atoms. The van der Waals surface area contributed by atoms with Gasteiger partial charge in [-0.1, -0.05) is 37.6 Å². The summed E-state index contributed by atoms with van der Waals surface area (Å²) in [6, 6.07) is 5.64. The molecule has 0 unspecified atom stereocenters. The summed E-state index contributed by atoms with van der Waals surface area (Å²) in [5.74, 6) is 0. The number of rotatable bonds is 2. The summed E-state index contributed by atoms with van der Waals surface area (Å²) in [4.78, 5) is 10.4. The van der Waals surface area contributed by atoms with Gasteiger partial charge < -0.3 is 5.73 Å². The summed E-state index contributed by atoms with van der Waals surface area (Å²) in [6.45, 7) is 6.41. The minimum Gasteiger partial charge on any atom is -0.326 e. The number of benzene rings is 1. The molecule has 2 heteroatoms. The van der Waals surface area contributed by atoms with Crippen molar-refractivity contribution in [3.05, 3.63) is 34.9 Å². The Kier molecular flexibility index (Phi) is 5.81. The Labute approximate surface area is 79.8 Å². The third-order valence-corrected chi connectivity index (χ3v) is 1.65. The molecule has 0 saturated heterocycles. The first-order valence-electron chi connectivity index (χ1n) is 4.52. The second kappa shape index (κ2) is 6.38. The standard InChI is InChI=1S/C9H11NO.C2H6/c1-7-2-3-8(6-11)9(4-7)5-10;1-2/h2-4,6H,5,10H2,1H3;1-2H3. The molecule has 0 radical (unpaired) electrons. The number of carbonyl (C=O) groups excluding carboxylic acids is 1. The lowest BCUT2D eigenvalue weighted by atomic mass is 10.1. The highest BCUT2D eigenvalue weighted by Gasteiger charge is 1.97. The van der Waals surface area contributed by atoms with Crippen LogP contribution in [0.3, 0.4) is 0 Å². The molecule has 2 N–H and O–H groups in total. The fourth-order valence-corrected chi connectivity index (χ4v) is 1.03. The third kappa shape index (κ3) is 3.38. The summed E-state index contributed by atoms with van der Waals surface area (Å²) in [5.41, 5.74) is 8.18. The largest absolute Gasteiger partial charge is 0.326 e. The fourth-order valence-electron chi connectivity index (χ4n) is 1.03. The first-order chi connectivity index (χ1) is 6.27. The predicted octanol–water partition coefficient (Wildman–Crippen LogP) is 2.29. The molecule has 0 heterocycles. The van der Waals surface area contributed by atoms with Gasteiger partial charge in [0.15, 0.2) is 0 Å². The molecule has 0 atom stereocenters. The highest BCUT2D eigenvalue weighted by molar-refractivity contribution is 5.77. The van der Waals surface area contributed by atoms with Crippen LogP contribution in [0.25, 0.3) is 0 Å². The second-order valence-electron chi connectivity index (χ2n) is 2.52. The molecule has 0 aliphatic rings. The Morgan fingerprint density at radius 2 is 2.00 bits per heavy atom. The lowest BCUT2D eigenvalue weighted by Gasteiger charge is -2.01. The molecule has 2 nitrogen and oxygen atoms in total. The summed E-state index contributed by atoms with van der Waals surface area (Å²) in [6.07, 6.45) is 0.835. The molecule has 0 aromatic heterocycles. The minimum atomic E-state index is 0.426. The molecule has 0 fully saturated rings. The molecular formula is C11H17NO. The smallest absolute Gasteiger partial charge is 0.150 e. The van der Waals surface area contributed by atoms with E-state index in [1.54, 1.807) is 6.07 Å². The van der Waals surface area contributed by atoms with E-state index in [4.69, 9.17) is 5.73 Å². The van der Waals surface area contributed by atoms with Crippen molar-refractivity contribution in [2.45, 2.75) is 27.3 Å². The van der Waals surface area contributed by atoms with Crippen LogP contribution in [0.2, 0.25) is 0 Å². The topological polar surface area (TPSA) is 43.1 Å². The van der Waals surface area contributed by atoms with Crippen molar-refractivity contribution in [1.29, 1.82) is 0 Å². The van der Waals surface area contributed by atoms with Crippen molar-refractivity contribution < 1.29 is 4.79 Å². The molecule has 0 spiro atoms. The Morgan fingerprint density at radius 1 is 1.38 bits per heavy atom. The zero-order valence-corrected chi connectivity index (χ0v) is 8.50. The van der Waals surface area contributed by atoms with Crippen molar-refractivity contribution in [1.82, 2.24) is 0 Å². The van der Waals surface area contributed by atoms with E-state index in [2.05, 4.69) is 0 Å². The van der Waals surface area contributed by atoms with Crippen LogP contribution >= 0.6 is 0 Å². The van der Waals surface area contributed by atoms with E-state index < -0.39 is 0 Å². The molecule has 72 valence electrons. The fraction of sp³-hybridized carbons (Fsp3) is 0.364. The Hall–Kier alpha value is -1.15. The maximum absolute atomic E-state index is 10.4. The number of aryl methyl sites for hydroxylation is 1. The number of carbonyl (C=O) groups is 1. The van der Waals surface area contributed by atoms with E-state index in [1.165, 1.54) is 0 Å². The van der Waals surface area contributed by atoms with Gasteiger partial charge in [-0.25, -0.2) is 0 Å². The molecule has 0 aliphatic heterocycles. The highest BCUT2D eigenvalue weighted by Crippen LogP contribution is 2.08. The van der Waals surface area contributed by atoms with Crippen molar-refractivity contribution in [2.24, 2.45) is 5.73 Å². The van der Waals surface area contributed by atoms with Crippen molar-refractivity contribution >= 4 is 6.29 Å². The average Bonchev–Trinajstić information content (AvgIpc) is 2.20. The lowest BCUT2D eigenvalue weighted by molar-refractivity contribution is 0.112. The van der Waals surface area contributed by atoms with E-state index in [0.717, 1.165) is 17.4 Å². The van der Waals surface area contributed by atoms with Gasteiger partial charge in [-0.3, -0.25) is 4.79 Å². The van der Waals surface area contributed by atoms with Crippen LogP contribution in [0.1, 0.15) is 35.3 Å². The average molecular weight is 179 g/mol. The SMILES string of the molecule is CC.Cc1ccc(C=O)c(CN)c1. The molecule has 0 aliphatic carbocycles. The van der Waals surface area contributed by atoms with E-state index in [0.29, 0.717) is 12.1 Å². The van der Waals surface area contributed by atoms with Gasteiger partial charge in [0.2, 0.25) is 0 Å². The Morgan fingerprint density at radius 3 is 2.46 bits per heavy atom. The zero-order chi connectivity index (χ0) is 10.3. The van der Waals surface area contributed by atoms with Gasteiger partial charge in [-0.05, 0) is 12.5 Å². The zero-order valence-electron chi connectivity index (χ0n) is 8.50. The number of aldehydes is 1. The number of nitrogens with two attached hydrogens (primary N) is 1. The molecule has 0 amide bonds. The maximum Gasteiger partial charge on any atom is 0.150 e. The molecule has 1 aromatic carbocycles. The summed E-state index contributed by atoms with van der Waals surface area (Å²) in [5, 5.41) is 0. The third-order valence-electron chi connectivity index (χ3n) is 1.65. The van der Waals surface area contributed by atoms with Crippen LogP contribution in [0.5, 0.6) is 0 Å². The maximum atomic E-state index is 10.4. The van der Waals surface area contributed by atoms with E-state index in [-0.39, 0.29) is 0 Å². The van der Waals surface area contributed by atoms with Crippen LogP contribution in [0.4, 0.5) is 0 Å².